The minimum Gasteiger partial charge on any atom is -0.445 e. The fourth-order valence-corrected chi connectivity index (χ4v) is 4.75. The Balaban J connectivity index is 1.37. The molecule has 0 saturated heterocycles. The zero-order valence-corrected chi connectivity index (χ0v) is 16.2. The smallest absolute Gasteiger partial charge is 0.407 e. The Kier molecular flexibility index (Phi) is 5.26. The van der Waals surface area contributed by atoms with Crippen LogP contribution in [0, 0.1) is 5.82 Å². The molecule has 152 valence electrons. The van der Waals surface area contributed by atoms with Crippen LogP contribution in [0.4, 0.5) is 9.18 Å². The van der Waals surface area contributed by atoms with E-state index >= 15 is 0 Å². The lowest BCUT2D eigenvalue weighted by Crippen LogP contribution is -2.55. The average Bonchev–Trinajstić information content (AvgIpc) is 2.96. The van der Waals surface area contributed by atoms with Gasteiger partial charge in [-0.3, -0.25) is 4.79 Å². The van der Waals surface area contributed by atoms with Crippen LogP contribution in [0.5, 0.6) is 0 Å². The Bertz CT molecular complexity index is 904. The minimum absolute atomic E-state index is 0.226. The van der Waals surface area contributed by atoms with E-state index in [9.17, 15) is 14.0 Å². The van der Waals surface area contributed by atoms with E-state index in [2.05, 4.69) is 10.6 Å². The van der Waals surface area contributed by atoms with Crippen LogP contribution in [0.3, 0.4) is 0 Å². The standard InChI is InChI=1S/C23H25FN2O3/c24-19-9-4-8-18(14-19)20(27)25-22-10-5-11-23(16-22,13-12-22)26-21(28)29-15-17-6-2-1-3-7-17/h1-4,6-9,14H,5,10-13,15-16H2,(H,25,27)(H,26,28). The van der Waals surface area contributed by atoms with Crippen LogP contribution < -0.4 is 10.6 Å². The lowest BCUT2D eigenvalue weighted by atomic mass is 9.78. The number of nitrogens with one attached hydrogen (secondary N) is 2. The number of carbonyl (C=O) groups is 2. The molecule has 0 spiro atoms. The first-order valence-corrected chi connectivity index (χ1v) is 10.0. The summed E-state index contributed by atoms with van der Waals surface area (Å²) in [5.41, 5.74) is 0.528. The highest BCUT2D eigenvalue weighted by atomic mass is 19.1. The van der Waals surface area contributed by atoms with Gasteiger partial charge in [-0.1, -0.05) is 36.4 Å². The van der Waals surface area contributed by atoms with Crippen LogP contribution in [0.15, 0.2) is 54.6 Å². The van der Waals surface area contributed by atoms with Crippen molar-refractivity contribution in [3.8, 4) is 0 Å². The van der Waals surface area contributed by atoms with Gasteiger partial charge in [-0.05, 0) is 62.3 Å². The molecule has 0 aliphatic heterocycles. The summed E-state index contributed by atoms with van der Waals surface area (Å²) in [6.07, 6.45) is 4.44. The van der Waals surface area contributed by atoms with Gasteiger partial charge in [-0.15, -0.1) is 0 Å². The summed E-state index contributed by atoms with van der Waals surface area (Å²) in [6.45, 7) is 0.226. The number of halogens is 1. The second kappa shape index (κ2) is 7.85. The van der Waals surface area contributed by atoms with Gasteiger partial charge in [0.25, 0.3) is 5.91 Å². The lowest BCUT2D eigenvalue weighted by molar-refractivity contribution is 0.0861. The lowest BCUT2D eigenvalue weighted by Gasteiger charge is -2.40. The highest BCUT2D eigenvalue weighted by Gasteiger charge is 2.52. The summed E-state index contributed by atoms with van der Waals surface area (Å²) in [6, 6.07) is 15.3. The van der Waals surface area contributed by atoms with E-state index in [1.54, 1.807) is 6.07 Å². The molecule has 2 amide bonds. The van der Waals surface area contributed by atoms with E-state index in [1.807, 2.05) is 30.3 Å². The predicted octanol–water partition coefficient (Wildman–Crippen LogP) is 4.33. The summed E-state index contributed by atoms with van der Waals surface area (Å²) < 4.78 is 18.8. The number of alkyl carbamates (subject to hydrolysis) is 1. The molecular weight excluding hydrogens is 371 g/mol. The third-order valence-corrected chi connectivity index (χ3v) is 6.12. The number of amides is 2. The molecule has 2 N–H and O–H groups in total. The molecule has 6 heteroatoms. The van der Waals surface area contributed by atoms with E-state index in [1.165, 1.54) is 18.2 Å². The van der Waals surface area contributed by atoms with Gasteiger partial charge in [0.2, 0.25) is 0 Å². The molecule has 0 heterocycles. The molecular formula is C23H25FN2O3. The van der Waals surface area contributed by atoms with Gasteiger partial charge in [0, 0.05) is 16.6 Å². The molecule has 2 aliphatic carbocycles. The summed E-state index contributed by atoms with van der Waals surface area (Å²) in [5.74, 6) is -0.698. The molecule has 29 heavy (non-hydrogen) atoms. The maximum atomic E-state index is 13.4. The van der Waals surface area contributed by atoms with Crippen LogP contribution in [0.2, 0.25) is 0 Å². The number of fused-ring (bicyclic) bond motifs is 2. The molecule has 2 saturated carbocycles. The van der Waals surface area contributed by atoms with Crippen molar-refractivity contribution in [1.29, 1.82) is 0 Å². The van der Waals surface area contributed by atoms with Gasteiger partial charge in [0.15, 0.2) is 0 Å². The summed E-state index contributed by atoms with van der Waals surface area (Å²) in [4.78, 5) is 25.0. The van der Waals surface area contributed by atoms with Crippen molar-refractivity contribution >= 4 is 12.0 Å². The van der Waals surface area contributed by atoms with Crippen LogP contribution in [0.25, 0.3) is 0 Å². The van der Waals surface area contributed by atoms with Gasteiger partial charge >= 0.3 is 6.09 Å². The average molecular weight is 396 g/mol. The van der Waals surface area contributed by atoms with Gasteiger partial charge in [0.05, 0.1) is 0 Å². The van der Waals surface area contributed by atoms with Gasteiger partial charge < -0.3 is 15.4 Å². The van der Waals surface area contributed by atoms with Gasteiger partial charge in [-0.25, -0.2) is 9.18 Å². The quantitative estimate of drug-likeness (QED) is 0.791. The van der Waals surface area contributed by atoms with Gasteiger partial charge in [-0.2, -0.15) is 0 Å². The SMILES string of the molecule is O=C(NC12CCCC(NC(=O)c3cccc(F)c3)(CC1)C2)OCc1ccccc1. The Morgan fingerprint density at radius 1 is 0.931 bits per heavy atom. The van der Waals surface area contributed by atoms with Crippen molar-refractivity contribution in [3.05, 3.63) is 71.5 Å². The van der Waals surface area contributed by atoms with E-state index in [0.717, 1.165) is 37.7 Å². The zero-order chi connectivity index (χ0) is 20.3. The molecule has 0 radical (unpaired) electrons. The maximum Gasteiger partial charge on any atom is 0.407 e. The van der Waals surface area contributed by atoms with E-state index in [-0.39, 0.29) is 23.6 Å². The molecule has 2 atom stereocenters. The van der Waals surface area contributed by atoms with Crippen molar-refractivity contribution in [1.82, 2.24) is 10.6 Å². The first-order chi connectivity index (χ1) is 14.0. The van der Waals surface area contributed by atoms with Crippen molar-refractivity contribution in [2.45, 2.75) is 56.2 Å². The molecule has 2 aliphatic rings. The topological polar surface area (TPSA) is 67.4 Å². The van der Waals surface area contributed by atoms with Gasteiger partial charge in [0.1, 0.15) is 12.4 Å². The molecule has 0 aromatic heterocycles. The Morgan fingerprint density at radius 2 is 1.66 bits per heavy atom. The van der Waals surface area contributed by atoms with Crippen LogP contribution >= 0.6 is 0 Å². The third-order valence-electron chi connectivity index (χ3n) is 6.12. The Labute approximate surface area is 169 Å². The first-order valence-electron chi connectivity index (χ1n) is 10.0. The van der Waals surface area contributed by atoms with Crippen LogP contribution in [-0.2, 0) is 11.3 Å². The number of carbonyl (C=O) groups excluding carboxylic acids is 2. The number of rotatable bonds is 5. The number of hydrogen-bond donors (Lipinski definition) is 2. The van der Waals surface area contributed by atoms with Crippen molar-refractivity contribution in [3.63, 3.8) is 0 Å². The van der Waals surface area contributed by atoms with Crippen LogP contribution in [-0.4, -0.2) is 23.1 Å². The highest BCUT2D eigenvalue weighted by molar-refractivity contribution is 5.94. The fraction of sp³-hybridized carbons (Fsp3) is 0.391. The van der Waals surface area contributed by atoms with Crippen molar-refractivity contribution < 1.29 is 18.7 Å². The Hall–Kier alpha value is -2.89. The van der Waals surface area contributed by atoms with E-state index < -0.39 is 11.9 Å². The number of hydrogen-bond acceptors (Lipinski definition) is 3. The summed E-state index contributed by atoms with van der Waals surface area (Å²) >= 11 is 0. The second-order valence-corrected chi connectivity index (χ2v) is 8.24. The summed E-state index contributed by atoms with van der Waals surface area (Å²) in [7, 11) is 0. The normalized spacial score (nSPS) is 25.3. The molecule has 5 nitrogen and oxygen atoms in total. The summed E-state index contributed by atoms with van der Waals surface area (Å²) in [5, 5.41) is 6.19. The molecule has 2 unspecified atom stereocenters. The number of ether oxygens (including phenoxy) is 1. The molecule has 2 fully saturated rings. The Morgan fingerprint density at radius 3 is 2.38 bits per heavy atom. The minimum atomic E-state index is -0.428. The molecule has 2 aromatic carbocycles. The largest absolute Gasteiger partial charge is 0.445 e. The second-order valence-electron chi connectivity index (χ2n) is 8.24. The fourth-order valence-electron chi connectivity index (χ4n) is 4.75. The third kappa shape index (κ3) is 4.42. The van der Waals surface area contributed by atoms with E-state index in [0.29, 0.717) is 12.0 Å². The van der Waals surface area contributed by atoms with Crippen molar-refractivity contribution in [2.24, 2.45) is 0 Å². The molecule has 2 bridgehead atoms. The number of benzene rings is 2. The van der Waals surface area contributed by atoms with Crippen LogP contribution in [0.1, 0.15) is 54.4 Å². The van der Waals surface area contributed by atoms with E-state index in [4.69, 9.17) is 4.74 Å². The molecule has 2 aromatic rings. The monoisotopic (exact) mass is 396 g/mol. The molecule has 4 rings (SSSR count). The van der Waals surface area contributed by atoms with Crippen molar-refractivity contribution in [2.75, 3.05) is 0 Å². The predicted molar refractivity (Wildman–Crippen MR) is 107 cm³/mol. The maximum absolute atomic E-state index is 13.4. The first kappa shape index (κ1) is 19.4. The zero-order valence-electron chi connectivity index (χ0n) is 16.2. The highest BCUT2D eigenvalue weighted by Crippen LogP contribution is 2.48.